The van der Waals surface area contributed by atoms with Gasteiger partial charge in [0.2, 0.25) is 5.91 Å². The first-order chi connectivity index (χ1) is 12.0. The SMILES string of the molecule is CCCC1(C)CCCN(C(=NCC2CCN(C(C)=O)CC2)NCC)C1.I. The molecule has 152 valence electrons. The van der Waals surface area contributed by atoms with E-state index in [2.05, 4.69) is 31.0 Å². The van der Waals surface area contributed by atoms with Crippen LogP contribution in [0.3, 0.4) is 0 Å². The van der Waals surface area contributed by atoms with E-state index in [1.165, 1.54) is 25.7 Å². The van der Waals surface area contributed by atoms with Crippen LogP contribution in [-0.4, -0.2) is 60.9 Å². The number of hydrogen-bond acceptors (Lipinski definition) is 2. The largest absolute Gasteiger partial charge is 0.357 e. The van der Waals surface area contributed by atoms with E-state index < -0.39 is 0 Å². The lowest BCUT2D eigenvalue weighted by atomic mass is 9.78. The van der Waals surface area contributed by atoms with Gasteiger partial charge in [0, 0.05) is 46.2 Å². The number of amides is 1. The molecule has 26 heavy (non-hydrogen) atoms. The minimum atomic E-state index is 0. The number of hydrogen-bond donors (Lipinski definition) is 1. The average Bonchev–Trinajstić information content (AvgIpc) is 2.59. The fraction of sp³-hybridized carbons (Fsp3) is 0.900. The van der Waals surface area contributed by atoms with Crippen molar-refractivity contribution in [2.45, 2.75) is 66.2 Å². The zero-order valence-electron chi connectivity index (χ0n) is 17.2. The van der Waals surface area contributed by atoms with Crippen LogP contribution in [-0.2, 0) is 4.79 Å². The fourth-order valence-corrected chi connectivity index (χ4v) is 4.38. The number of aliphatic imine (C=N–C) groups is 1. The van der Waals surface area contributed by atoms with Crippen LogP contribution in [0.15, 0.2) is 4.99 Å². The predicted octanol–water partition coefficient (Wildman–Crippen LogP) is 3.73. The van der Waals surface area contributed by atoms with E-state index in [0.717, 1.165) is 58.1 Å². The summed E-state index contributed by atoms with van der Waals surface area (Å²) >= 11 is 0. The standard InChI is InChI=1S/C20H38N4O.HI/c1-5-10-20(4)11-7-12-24(16-20)19(21-6-2)22-15-18-8-13-23(14-9-18)17(3)25;/h18H,5-16H2,1-4H3,(H,21,22);1H. The highest BCUT2D eigenvalue weighted by molar-refractivity contribution is 14.0. The Balaban J connectivity index is 0.00000338. The molecule has 0 aromatic heterocycles. The molecule has 2 aliphatic heterocycles. The molecule has 1 atom stereocenters. The fourth-order valence-electron chi connectivity index (χ4n) is 4.38. The van der Waals surface area contributed by atoms with Gasteiger partial charge in [0.1, 0.15) is 0 Å². The van der Waals surface area contributed by atoms with Gasteiger partial charge in [0.05, 0.1) is 0 Å². The molecule has 5 nitrogen and oxygen atoms in total. The highest BCUT2D eigenvalue weighted by atomic mass is 127. The molecule has 0 spiro atoms. The Kier molecular flexibility index (Phi) is 10.3. The molecule has 2 aliphatic rings. The summed E-state index contributed by atoms with van der Waals surface area (Å²) in [4.78, 5) is 20.9. The Morgan fingerprint density at radius 1 is 1.19 bits per heavy atom. The van der Waals surface area contributed by atoms with Crippen molar-refractivity contribution in [2.24, 2.45) is 16.3 Å². The molecule has 6 heteroatoms. The monoisotopic (exact) mass is 478 g/mol. The first-order valence-corrected chi connectivity index (χ1v) is 10.3. The lowest BCUT2D eigenvalue weighted by molar-refractivity contribution is -0.130. The molecular weight excluding hydrogens is 439 g/mol. The van der Waals surface area contributed by atoms with Crippen LogP contribution in [0, 0.1) is 11.3 Å². The third-order valence-electron chi connectivity index (χ3n) is 5.83. The molecule has 0 saturated carbocycles. The molecule has 2 rings (SSSR count). The number of carbonyl (C=O) groups excluding carboxylic acids is 1. The predicted molar refractivity (Wildman–Crippen MR) is 120 cm³/mol. The molecule has 0 bridgehead atoms. The molecule has 1 N–H and O–H groups in total. The summed E-state index contributed by atoms with van der Waals surface area (Å²) < 4.78 is 0. The van der Waals surface area contributed by atoms with Crippen molar-refractivity contribution in [3.05, 3.63) is 0 Å². The van der Waals surface area contributed by atoms with Crippen LogP contribution in [0.4, 0.5) is 0 Å². The molecule has 1 unspecified atom stereocenters. The number of nitrogens with zero attached hydrogens (tertiary/aromatic N) is 3. The van der Waals surface area contributed by atoms with Gasteiger partial charge in [-0.25, -0.2) is 0 Å². The molecule has 0 aliphatic carbocycles. The summed E-state index contributed by atoms with van der Waals surface area (Å²) in [5.41, 5.74) is 0.427. The maximum atomic E-state index is 11.5. The van der Waals surface area contributed by atoms with Crippen LogP contribution in [0.5, 0.6) is 0 Å². The van der Waals surface area contributed by atoms with Crippen molar-refractivity contribution in [3.63, 3.8) is 0 Å². The zero-order chi connectivity index (χ0) is 18.3. The molecule has 2 heterocycles. The number of piperidine rings is 2. The summed E-state index contributed by atoms with van der Waals surface area (Å²) in [6.07, 6.45) is 7.31. The van der Waals surface area contributed by atoms with Gasteiger partial charge in [-0.15, -0.1) is 24.0 Å². The van der Waals surface area contributed by atoms with Crippen molar-refractivity contribution in [1.82, 2.24) is 15.1 Å². The zero-order valence-corrected chi connectivity index (χ0v) is 19.6. The normalized spacial score (nSPS) is 25.0. The van der Waals surface area contributed by atoms with E-state index in [4.69, 9.17) is 4.99 Å². The molecule has 1 amide bonds. The smallest absolute Gasteiger partial charge is 0.219 e. The quantitative estimate of drug-likeness (QED) is 0.372. The van der Waals surface area contributed by atoms with Crippen LogP contribution in [0.25, 0.3) is 0 Å². The van der Waals surface area contributed by atoms with Gasteiger partial charge in [0.15, 0.2) is 5.96 Å². The number of nitrogens with one attached hydrogen (secondary N) is 1. The number of rotatable bonds is 5. The Morgan fingerprint density at radius 2 is 1.88 bits per heavy atom. The van der Waals surface area contributed by atoms with Gasteiger partial charge in [0.25, 0.3) is 0 Å². The summed E-state index contributed by atoms with van der Waals surface area (Å²) in [6.45, 7) is 14.4. The highest BCUT2D eigenvalue weighted by Crippen LogP contribution is 2.34. The number of guanidine groups is 1. The van der Waals surface area contributed by atoms with Crippen molar-refractivity contribution in [1.29, 1.82) is 0 Å². The third kappa shape index (κ3) is 6.89. The summed E-state index contributed by atoms with van der Waals surface area (Å²) in [5.74, 6) is 1.91. The Hall–Kier alpha value is -0.530. The first-order valence-electron chi connectivity index (χ1n) is 10.3. The van der Waals surface area contributed by atoms with Gasteiger partial charge in [-0.2, -0.15) is 0 Å². The second-order valence-electron chi connectivity index (χ2n) is 8.23. The second-order valence-corrected chi connectivity index (χ2v) is 8.23. The van der Waals surface area contributed by atoms with E-state index in [0.29, 0.717) is 11.3 Å². The van der Waals surface area contributed by atoms with E-state index in [9.17, 15) is 4.79 Å². The molecule has 0 aromatic carbocycles. The lowest BCUT2D eigenvalue weighted by Crippen LogP contribution is -2.50. The van der Waals surface area contributed by atoms with Gasteiger partial charge < -0.3 is 15.1 Å². The molecular formula is C20H39IN4O. The Labute approximate surface area is 177 Å². The number of likely N-dealkylation sites (tertiary alicyclic amines) is 2. The Morgan fingerprint density at radius 3 is 2.46 bits per heavy atom. The average molecular weight is 478 g/mol. The minimum absolute atomic E-state index is 0. The number of halogens is 1. The van der Waals surface area contributed by atoms with E-state index in [1.807, 2.05) is 4.90 Å². The summed E-state index contributed by atoms with van der Waals surface area (Å²) in [5, 5.41) is 3.51. The molecule has 0 radical (unpaired) electrons. The lowest BCUT2D eigenvalue weighted by Gasteiger charge is -2.42. The topological polar surface area (TPSA) is 47.9 Å². The van der Waals surface area contributed by atoms with Gasteiger partial charge >= 0.3 is 0 Å². The minimum Gasteiger partial charge on any atom is -0.357 e. The maximum absolute atomic E-state index is 11.5. The van der Waals surface area contributed by atoms with Gasteiger partial charge in [-0.1, -0.05) is 20.3 Å². The number of carbonyl (C=O) groups is 1. The van der Waals surface area contributed by atoms with E-state index in [1.54, 1.807) is 6.92 Å². The van der Waals surface area contributed by atoms with Crippen LogP contribution >= 0.6 is 24.0 Å². The maximum Gasteiger partial charge on any atom is 0.219 e. The molecule has 0 aromatic rings. The van der Waals surface area contributed by atoms with Gasteiger partial charge in [-0.05, 0) is 50.4 Å². The summed E-state index contributed by atoms with van der Waals surface area (Å²) in [7, 11) is 0. The van der Waals surface area contributed by atoms with Crippen LogP contribution in [0.2, 0.25) is 0 Å². The molecule has 2 fully saturated rings. The molecule has 2 saturated heterocycles. The van der Waals surface area contributed by atoms with Crippen LogP contribution in [0.1, 0.15) is 66.2 Å². The second kappa shape index (κ2) is 11.3. The van der Waals surface area contributed by atoms with Crippen LogP contribution < -0.4 is 5.32 Å². The van der Waals surface area contributed by atoms with Crippen molar-refractivity contribution >= 4 is 35.8 Å². The van der Waals surface area contributed by atoms with Gasteiger partial charge in [-0.3, -0.25) is 9.79 Å². The first kappa shape index (κ1) is 23.5. The van der Waals surface area contributed by atoms with E-state index >= 15 is 0 Å². The van der Waals surface area contributed by atoms with Crippen molar-refractivity contribution in [2.75, 3.05) is 39.3 Å². The Bertz CT molecular complexity index is 459. The van der Waals surface area contributed by atoms with Crippen molar-refractivity contribution < 1.29 is 4.79 Å². The highest BCUT2D eigenvalue weighted by Gasteiger charge is 2.31. The third-order valence-corrected chi connectivity index (χ3v) is 5.83. The van der Waals surface area contributed by atoms with Crippen molar-refractivity contribution in [3.8, 4) is 0 Å². The summed E-state index contributed by atoms with van der Waals surface area (Å²) in [6, 6.07) is 0. The van der Waals surface area contributed by atoms with E-state index in [-0.39, 0.29) is 29.9 Å².